The fraction of sp³-hybridized carbons (Fsp3) is 0.545. The standard InChI is InChI=1S/C22H28N4O3S/c27-20-19-18(17(14-30-19)15-5-2-1-3-6-15)23-22(24-20)26-8-4-7-16(13-26)21(28)25-9-11-29-12-10-25/h1-3,5-6,14,16,18-19,22-23H,4,7-13H2,(H,24,27). The number of amides is 2. The van der Waals surface area contributed by atoms with Crippen LogP contribution in [0, 0.1) is 5.92 Å². The average Bonchev–Trinajstić information content (AvgIpc) is 3.24. The van der Waals surface area contributed by atoms with Crippen LogP contribution in [0.15, 0.2) is 35.7 Å². The van der Waals surface area contributed by atoms with Crippen LogP contribution in [-0.4, -0.2) is 78.6 Å². The Kier molecular flexibility index (Phi) is 5.82. The van der Waals surface area contributed by atoms with E-state index < -0.39 is 0 Å². The van der Waals surface area contributed by atoms with Gasteiger partial charge in [-0.1, -0.05) is 30.3 Å². The smallest absolute Gasteiger partial charge is 0.237 e. The maximum atomic E-state index is 13.0. The van der Waals surface area contributed by atoms with Crippen molar-refractivity contribution in [3.8, 4) is 0 Å². The van der Waals surface area contributed by atoms with Gasteiger partial charge in [-0.25, -0.2) is 0 Å². The number of carbonyl (C=O) groups is 2. The molecule has 8 heteroatoms. The Bertz CT molecular complexity index is 827. The molecule has 7 nitrogen and oxygen atoms in total. The summed E-state index contributed by atoms with van der Waals surface area (Å²) in [7, 11) is 0. The lowest BCUT2D eigenvalue weighted by molar-refractivity contribution is -0.142. The number of benzene rings is 1. The summed E-state index contributed by atoms with van der Waals surface area (Å²) in [5.41, 5.74) is 2.32. The highest BCUT2D eigenvalue weighted by Gasteiger charge is 2.44. The van der Waals surface area contributed by atoms with Crippen molar-refractivity contribution in [3.05, 3.63) is 41.3 Å². The molecule has 3 fully saturated rings. The van der Waals surface area contributed by atoms with E-state index in [1.165, 1.54) is 5.57 Å². The maximum Gasteiger partial charge on any atom is 0.237 e. The van der Waals surface area contributed by atoms with Crippen LogP contribution in [0.4, 0.5) is 0 Å². The molecule has 1 aromatic rings. The molecule has 5 rings (SSSR count). The second kappa shape index (κ2) is 8.70. The molecule has 160 valence electrons. The lowest BCUT2D eigenvalue weighted by Crippen LogP contribution is -2.69. The molecule has 0 aromatic heterocycles. The molecule has 1 aromatic carbocycles. The summed E-state index contributed by atoms with van der Waals surface area (Å²) in [4.78, 5) is 30.0. The van der Waals surface area contributed by atoms with Gasteiger partial charge in [-0.3, -0.25) is 19.8 Å². The van der Waals surface area contributed by atoms with Crippen molar-refractivity contribution < 1.29 is 14.3 Å². The molecular formula is C22H28N4O3S. The number of nitrogens with zero attached hydrogens (tertiary/aromatic N) is 2. The Morgan fingerprint density at radius 1 is 1.13 bits per heavy atom. The summed E-state index contributed by atoms with van der Waals surface area (Å²) in [5, 5.41) is 8.77. The Labute approximate surface area is 181 Å². The minimum atomic E-state index is -0.246. The number of carbonyl (C=O) groups excluding carboxylic acids is 2. The number of piperidine rings is 1. The van der Waals surface area contributed by atoms with E-state index >= 15 is 0 Å². The normalized spacial score (nSPS) is 32.3. The highest BCUT2D eigenvalue weighted by molar-refractivity contribution is 8.04. The van der Waals surface area contributed by atoms with Crippen LogP contribution >= 0.6 is 11.8 Å². The van der Waals surface area contributed by atoms with Gasteiger partial charge in [-0.05, 0) is 29.4 Å². The molecule has 0 saturated carbocycles. The van der Waals surface area contributed by atoms with Gasteiger partial charge in [0.25, 0.3) is 0 Å². The second-order valence-electron chi connectivity index (χ2n) is 8.32. The van der Waals surface area contributed by atoms with E-state index in [9.17, 15) is 9.59 Å². The SMILES string of the molecule is O=C1NC(N2CCCC(C(=O)N3CCOCC3)C2)NC2C(c3ccccc3)=CSC12. The van der Waals surface area contributed by atoms with E-state index in [2.05, 4.69) is 33.1 Å². The van der Waals surface area contributed by atoms with Gasteiger partial charge in [0.15, 0.2) is 0 Å². The van der Waals surface area contributed by atoms with Crippen LogP contribution in [0.3, 0.4) is 0 Å². The zero-order valence-corrected chi connectivity index (χ0v) is 17.8. The summed E-state index contributed by atoms with van der Waals surface area (Å²) in [6.07, 6.45) is 1.62. The summed E-state index contributed by atoms with van der Waals surface area (Å²) in [6.45, 7) is 4.15. The molecule has 4 unspecified atom stereocenters. The van der Waals surface area contributed by atoms with Crippen molar-refractivity contribution >= 4 is 29.1 Å². The number of thioether (sulfide) groups is 1. The van der Waals surface area contributed by atoms with Crippen molar-refractivity contribution in [2.75, 3.05) is 39.4 Å². The van der Waals surface area contributed by atoms with Gasteiger partial charge in [-0.2, -0.15) is 0 Å². The Morgan fingerprint density at radius 2 is 1.93 bits per heavy atom. The Morgan fingerprint density at radius 3 is 2.73 bits per heavy atom. The van der Waals surface area contributed by atoms with E-state index in [-0.39, 0.29) is 35.3 Å². The predicted octanol–water partition coefficient (Wildman–Crippen LogP) is 1.09. The third kappa shape index (κ3) is 3.89. The van der Waals surface area contributed by atoms with E-state index in [0.717, 1.165) is 24.9 Å². The minimum Gasteiger partial charge on any atom is -0.378 e. The van der Waals surface area contributed by atoms with E-state index in [0.29, 0.717) is 32.8 Å². The molecule has 0 spiro atoms. The summed E-state index contributed by atoms with van der Waals surface area (Å²) < 4.78 is 5.38. The van der Waals surface area contributed by atoms with Crippen molar-refractivity contribution in [1.82, 2.24) is 20.4 Å². The Balaban J connectivity index is 1.28. The number of morpholine rings is 1. The molecule has 4 atom stereocenters. The summed E-state index contributed by atoms with van der Waals surface area (Å²) in [6, 6.07) is 10.2. The number of ether oxygens (including phenoxy) is 1. The van der Waals surface area contributed by atoms with E-state index in [1.807, 2.05) is 23.1 Å². The van der Waals surface area contributed by atoms with Crippen LogP contribution in [0.5, 0.6) is 0 Å². The first-order chi connectivity index (χ1) is 14.7. The zero-order valence-electron chi connectivity index (χ0n) is 17.0. The van der Waals surface area contributed by atoms with Crippen molar-refractivity contribution in [2.45, 2.75) is 30.4 Å². The molecular weight excluding hydrogens is 400 g/mol. The molecule has 0 radical (unpaired) electrons. The molecule has 4 heterocycles. The van der Waals surface area contributed by atoms with Gasteiger partial charge < -0.3 is 15.0 Å². The van der Waals surface area contributed by atoms with Crippen molar-refractivity contribution in [2.24, 2.45) is 5.92 Å². The predicted molar refractivity (Wildman–Crippen MR) is 116 cm³/mol. The quantitative estimate of drug-likeness (QED) is 0.751. The van der Waals surface area contributed by atoms with E-state index in [1.54, 1.807) is 11.8 Å². The van der Waals surface area contributed by atoms with Gasteiger partial charge in [-0.15, -0.1) is 11.8 Å². The molecule has 30 heavy (non-hydrogen) atoms. The lowest BCUT2D eigenvalue weighted by atomic mass is 9.94. The van der Waals surface area contributed by atoms with Crippen LogP contribution in [0.1, 0.15) is 18.4 Å². The largest absolute Gasteiger partial charge is 0.378 e. The number of likely N-dealkylation sites (tertiary alicyclic amines) is 1. The number of rotatable bonds is 3. The van der Waals surface area contributed by atoms with E-state index in [4.69, 9.17) is 4.74 Å². The van der Waals surface area contributed by atoms with Gasteiger partial charge in [0, 0.05) is 26.2 Å². The monoisotopic (exact) mass is 428 g/mol. The topological polar surface area (TPSA) is 73.9 Å². The van der Waals surface area contributed by atoms with Gasteiger partial charge in [0.05, 0.1) is 25.2 Å². The molecule has 3 saturated heterocycles. The maximum absolute atomic E-state index is 13.0. The third-order valence-corrected chi connectivity index (χ3v) is 7.62. The fourth-order valence-electron chi connectivity index (χ4n) is 4.84. The van der Waals surface area contributed by atoms with Gasteiger partial charge in [0.1, 0.15) is 11.5 Å². The van der Waals surface area contributed by atoms with Crippen LogP contribution < -0.4 is 10.6 Å². The van der Waals surface area contributed by atoms with Crippen LogP contribution in [0.2, 0.25) is 0 Å². The average molecular weight is 429 g/mol. The second-order valence-corrected chi connectivity index (χ2v) is 9.34. The zero-order chi connectivity index (χ0) is 20.5. The summed E-state index contributed by atoms with van der Waals surface area (Å²) in [5.74, 6) is 0.275. The number of fused-ring (bicyclic) bond motifs is 1. The van der Waals surface area contributed by atoms with Gasteiger partial charge >= 0.3 is 0 Å². The fourth-order valence-corrected chi connectivity index (χ4v) is 5.99. The number of nitrogens with one attached hydrogen (secondary N) is 2. The van der Waals surface area contributed by atoms with Crippen LogP contribution in [0.25, 0.3) is 5.57 Å². The van der Waals surface area contributed by atoms with Crippen molar-refractivity contribution in [3.63, 3.8) is 0 Å². The first-order valence-electron chi connectivity index (χ1n) is 10.8. The molecule has 4 aliphatic heterocycles. The molecule has 2 amide bonds. The first-order valence-corrected chi connectivity index (χ1v) is 11.7. The molecule has 0 aliphatic carbocycles. The third-order valence-electron chi connectivity index (χ3n) is 6.45. The van der Waals surface area contributed by atoms with Gasteiger partial charge in [0.2, 0.25) is 11.8 Å². The Hall–Kier alpha value is -1.87. The number of hydrogen-bond donors (Lipinski definition) is 2. The molecule has 2 N–H and O–H groups in total. The minimum absolute atomic E-state index is 0.0182. The number of hydrogen-bond acceptors (Lipinski definition) is 6. The van der Waals surface area contributed by atoms with Crippen LogP contribution in [-0.2, 0) is 14.3 Å². The lowest BCUT2D eigenvalue weighted by Gasteiger charge is -2.44. The highest BCUT2D eigenvalue weighted by atomic mass is 32.2. The highest BCUT2D eigenvalue weighted by Crippen LogP contribution is 2.38. The summed E-state index contributed by atoms with van der Waals surface area (Å²) >= 11 is 1.58. The van der Waals surface area contributed by atoms with Crippen molar-refractivity contribution in [1.29, 1.82) is 0 Å². The first kappa shape index (κ1) is 20.1. The molecule has 0 bridgehead atoms. The molecule has 4 aliphatic rings.